The highest BCUT2D eigenvalue weighted by molar-refractivity contribution is 6.02. The van der Waals surface area contributed by atoms with Gasteiger partial charge < -0.3 is 10.6 Å². The molecule has 2 aromatic carbocycles. The third-order valence-electron chi connectivity index (χ3n) is 6.59. The highest BCUT2D eigenvalue weighted by Crippen LogP contribution is 2.41. The molecule has 150 valence electrons. The zero-order chi connectivity index (χ0) is 20.0. The van der Waals surface area contributed by atoms with E-state index < -0.39 is 6.03 Å². The van der Waals surface area contributed by atoms with Crippen LogP contribution in [0.4, 0.5) is 16.2 Å². The Bertz CT molecular complexity index is 1050. The number of fused-ring (bicyclic) bond motifs is 2. The van der Waals surface area contributed by atoms with E-state index in [1.165, 1.54) is 29.7 Å². The van der Waals surface area contributed by atoms with E-state index in [4.69, 9.17) is 5.73 Å². The van der Waals surface area contributed by atoms with Crippen molar-refractivity contribution in [1.82, 2.24) is 10.2 Å². The minimum absolute atomic E-state index is 0.0431. The molecule has 6 heteroatoms. The highest BCUT2D eigenvalue weighted by atomic mass is 16.2. The summed E-state index contributed by atoms with van der Waals surface area (Å²) in [5.41, 5.74) is 11.4. The molecule has 1 unspecified atom stereocenters. The maximum absolute atomic E-state index is 12.5. The van der Waals surface area contributed by atoms with Crippen molar-refractivity contribution in [3.63, 3.8) is 0 Å². The molecule has 1 fully saturated rings. The van der Waals surface area contributed by atoms with E-state index >= 15 is 0 Å². The predicted octanol–water partition coefficient (Wildman–Crippen LogP) is 4.37. The van der Waals surface area contributed by atoms with Crippen LogP contribution in [0.15, 0.2) is 42.6 Å². The van der Waals surface area contributed by atoms with Crippen molar-refractivity contribution >= 4 is 28.3 Å². The molecule has 2 aliphatic rings. The first kappa shape index (κ1) is 18.0. The summed E-state index contributed by atoms with van der Waals surface area (Å²) in [6.45, 7) is 4.59. The van der Waals surface area contributed by atoms with Gasteiger partial charge in [-0.1, -0.05) is 19.1 Å². The van der Waals surface area contributed by atoms with Crippen molar-refractivity contribution in [3.05, 3.63) is 53.7 Å². The maximum atomic E-state index is 12.5. The SMILES string of the molecule is CC1CCN(c2ccc3c(c2)CCC3N(C(N)=O)c2cccc3[nH]ncc23)CC1. The lowest BCUT2D eigenvalue weighted by Crippen LogP contribution is -2.38. The van der Waals surface area contributed by atoms with Crippen LogP contribution in [-0.2, 0) is 6.42 Å². The molecule has 0 spiro atoms. The van der Waals surface area contributed by atoms with Crippen LogP contribution in [0.5, 0.6) is 0 Å². The molecule has 1 aliphatic heterocycles. The quantitative estimate of drug-likeness (QED) is 0.698. The van der Waals surface area contributed by atoms with E-state index in [0.717, 1.165) is 48.4 Å². The van der Waals surface area contributed by atoms with E-state index in [0.29, 0.717) is 0 Å². The third-order valence-corrected chi connectivity index (χ3v) is 6.59. The smallest absolute Gasteiger partial charge is 0.319 e. The number of anilines is 2. The minimum Gasteiger partial charge on any atom is -0.372 e. The van der Waals surface area contributed by atoms with Gasteiger partial charge in [-0.3, -0.25) is 10.00 Å². The van der Waals surface area contributed by atoms with Crippen LogP contribution in [0.2, 0.25) is 0 Å². The van der Waals surface area contributed by atoms with Gasteiger partial charge in [-0.25, -0.2) is 4.79 Å². The summed E-state index contributed by atoms with van der Waals surface area (Å²) in [4.78, 5) is 16.8. The molecule has 3 aromatic rings. The molecule has 6 nitrogen and oxygen atoms in total. The summed E-state index contributed by atoms with van der Waals surface area (Å²) in [6, 6.07) is 12.1. The normalized spacial score (nSPS) is 19.5. The molecule has 2 amide bonds. The van der Waals surface area contributed by atoms with Gasteiger partial charge in [-0.2, -0.15) is 5.10 Å². The standard InChI is InChI=1S/C23H27N5O/c1-15-9-11-27(12-10-15)17-6-7-18-16(13-17)5-8-22(18)28(23(24)29)21-4-2-3-20-19(21)14-25-26-20/h2-4,6-7,13-15,22H,5,8-12H2,1H3,(H2,24,29)(H,25,26). The number of amides is 2. The number of aryl methyl sites for hydroxylation is 1. The summed E-state index contributed by atoms with van der Waals surface area (Å²) >= 11 is 0. The van der Waals surface area contributed by atoms with Crippen LogP contribution in [0.3, 0.4) is 0 Å². The number of aromatic amines is 1. The van der Waals surface area contributed by atoms with Crippen LogP contribution in [-0.4, -0.2) is 29.3 Å². The lowest BCUT2D eigenvalue weighted by atomic mass is 9.98. The van der Waals surface area contributed by atoms with Crippen LogP contribution < -0.4 is 15.5 Å². The van der Waals surface area contributed by atoms with E-state index in [1.54, 1.807) is 11.1 Å². The summed E-state index contributed by atoms with van der Waals surface area (Å²) in [5.74, 6) is 0.819. The second kappa shape index (κ2) is 7.10. The number of urea groups is 1. The maximum Gasteiger partial charge on any atom is 0.319 e. The first-order valence-electron chi connectivity index (χ1n) is 10.5. The molecule has 3 N–H and O–H groups in total. The number of carbonyl (C=O) groups is 1. The van der Waals surface area contributed by atoms with Gasteiger partial charge in [0.25, 0.3) is 0 Å². The van der Waals surface area contributed by atoms with Crippen molar-refractivity contribution in [3.8, 4) is 0 Å². The number of nitrogens with zero attached hydrogens (tertiary/aromatic N) is 3. The van der Waals surface area contributed by atoms with Crippen molar-refractivity contribution in [1.29, 1.82) is 0 Å². The predicted molar refractivity (Wildman–Crippen MR) is 116 cm³/mol. The summed E-state index contributed by atoms with van der Waals surface area (Å²) in [5, 5.41) is 8.03. The van der Waals surface area contributed by atoms with Gasteiger partial charge in [-0.05, 0) is 67.0 Å². The van der Waals surface area contributed by atoms with E-state index in [2.05, 4.69) is 40.2 Å². The molecule has 5 rings (SSSR count). The van der Waals surface area contributed by atoms with Crippen molar-refractivity contribution < 1.29 is 4.79 Å². The summed E-state index contributed by atoms with van der Waals surface area (Å²) < 4.78 is 0. The van der Waals surface area contributed by atoms with Gasteiger partial charge in [0, 0.05) is 24.2 Å². The number of hydrogen-bond donors (Lipinski definition) is 2. The van der Waals surface area contributed by atoms with Gasteiger partial charge >= 0.3 is 6.03 Å². The largest absolute Gasteiger partial charge is 0.372 e. The average molecular weight is 390 g/mol. The number of hydrogen-bond acceptors (Lipinski definition) is 3. The first-order valence-corrected chi connectivity index (χ1v) is 10.5. The number of aromatic nitrogens is 2. The zero-order valence-electron chi connectivity index (χ0n) is 16.8. The number of H-pyrrole nitrogens is 1. The Morgan fingerprint density at radius 2 is 2.03 bits per heavy atom. The molecular formula is C23H27N5O. The number of rotatable bonds is 3. The highest BCUT2D eigenvalue weighted by Gasteiger charge is 2.32. The number of nitrogens with two attached hydrogens (primary N) is 1. The van der Waals surface area contributed by atoms with Crippen LogP contribution >= 0.6 is 0 Å². The molecular weight excluding hydrogens is 362 g/mol. The zero-order valence-corrected chi connectivity index (χ0v) is 16.8. The van der Waals surface area contributed by atoms with E-state index in [9.17, 15) is 4.79 Å². The Hall–Kier alpha value is -3.02. The van der Waals surface area contributed by atoms with Crippen molar-refractivity contribution in [2.24, 2.45) is 11.7 Å². The number of nitrogens with one attached hydrogen (secondary N) is 1. The molecule has 29 heavy (non-hydrogen) atoms. The Balaban J connectivity index is 1.48. The molecule has 1 aromatic heterocycles. The van der Waals surface area contributed by atoms with Gasteiger partial charge in [0.2, 0.25) is 0 Å². The second-order valence-corrected chi connectivity index (χ2v) is 8.42. The van der Waals surface area contributed by atoms with Crippen molar-refractivity contribution in [2.75, 3.05) is 22.9 Å². The topological polar surface area (TPSA) is 78.2 Å². The number of carbonyl (C=O) groups excluding carboxylic acids is 1. The molecule has 1 aliphatic carbocycles. The fourth-order valence-corrected chi connectivity index (χ4v) is 4.92. The van der Waals surface area contributed by atoms with E-state index in [1.807, 2.05) is 18.2 Å². The lowest BCUT2D eigenvalue weighted by molar-refractivity contribution is 0.251. The van der Waals surface area contributed by atoms with Crippen LogP contribution in [0.25, 0.3) is 10.9 Å². The van der Waals surface area contributed by atoms with Gasteiger partial charge in [-0.15, -0.1) is 0 Å². The molecule has 1 saturated heterocycles. The Morgan fingerprint density at radius 3 is 2.83 bits per heavy atom. The average Bonchev–Trinajstić information content (AvgIpc) is 3.36. The fraction of sp³-hybridized carbons (Fsp3) is 0.391. The fourth-order valence-electron chi connectivity index (χ4n) is 4.92. The summed E-state index contributed by atoms with van der Waals surface area (Å²) in [6.07, 6.45) is 6.11. The van der Waals surface area contributed by atoms with E-state index in [-0.39, 0.29) is 6.04 Å². The first-order chi connectivity index (χ1) is 14.1. The Kier molecular flexibility index (Phi) is 4.42. The molecule has 0 saturated carbocycles. The minimum atomic E-state index is -0.425. The number of piperidine rings is 1. The second-order valence-electron chi connectivity index (χ2n) is 8.42. The number of primary amides is 1. The molecule has 0 radical (unpaired) electrons. The van der Waals surface area contributed by atoms with Gasteiger partial charge in [0.1, 0.15) is 0 Å². The van der Waals surface area contributed by atoms with Crippen LogP contribution in [0.1, 0.15) is 43.4 Å². The Morgan fingerprint density at radius 1 is 1.21 bits per heavy atom. The summed E-state index contributed by atoms with van der Waals surface area (Å²) in [7, 11) is 0. The third kappa shape index (κ3) is 3.12. The number of benzene rings is 2. The van der Waals surface area contributed by atoms with Gasteiger partial charge in [0.15, 0.2) is 0 Å². The molecule has 2 heterocycles. The monoisotopic (exact) mass is 389 g/mol. The van der Waals surface area contributed by atoms with Crippen molar-refractivity contribution in [2.45, 2.75) is 38.6 Å². The molecule has 1 atom stereocenters. The van der Waals surface area contributed by atoms with Gasteiger partial charge in [0.05, 0.1) is 23.4 Å². The van der Waals surface area contributed by atoms with Crippen LogP contribution in [0, 0.1) is 5.92 Å². The molecule has 0 bridgehead atoms. The lowest BCUT2D eigenvalue weighted by Gasteiger charge is -2.33. The Labute approximate surface area is 170 Å².